The molecule has 9 aromatic rings. The summed E-state index contributed by atoms with van der Waals surface area (Å²) in [7, 11) is 0. The molecule has 0 aliphatic heterocycles. The van der Waals surface area contributed by atoms with E-state index in [1.54, 1.807) is 0 Å². The minimum atomic E-state index is -0.0449. The first kappa shape index (κ1) is 38.8. The van der Waals surface area contributed by atoms with Crippen LogP contribution in [0.1, 0.15) is 105 Å². The largest absolute Gasteiger partial charge is 0.455 e. The quantitative estimate of drug-likeness (QED) is 0.178. The van der Waals surface area contributed by atoms with Gasteiger partial charge in [-0.3, -0.25) is 0 Å². The standard InChI is InChI=1S/C57H56N4O/c1-52(2)41-29-39-40-30-42-44(55(7,8)57(11,12)53(42,3)4)32-46(40)61(45(39)31-43(41)54(5,6)56(52,9)10)35-23-18-22-34(28-35)50-58-49(33-20-14-13-15-21-33)59-51(60-50)38-26-19-25-37-36-24-16-17-27-47(36)62-48(37)38/h13-32H,1-12H3. The van der Waals surface area contributed by atoms with Gasteiger partial charge in [0.2, 0.25) is 0 Å². The first-order chi connectivity index (χ1) is 29.3. The highest BCUT2D eigenvalue weighted by Gasteiger charge is 2.58. The lowest BCUT2D eigenvalue weighted by Gasteiger charge is -2.44. The predicted molar refractivity (Wildman–Crippen MR) is 257 cm³/mol. The van der Waals surface area contributed by atoms with E-state index in [4.69, 9.17) is 19.4 Å². The van der Waals surface area contributed by atoms with Crippen LogP contribution in [0, 0.1) is 10.8 Å². The molecule has 62 heavy (non-hydrogen) atoms. The molecular formula is C57H56N4O. The molecule has 0 N–H and O–H groups in total. The van der Waals surface area contributed by atoms with Crippen molar-refractivity contribution >= 4 is 43.7 Å². The Labute approximate surface area is 365 Å². The number of rotatable bonds is 4. The predicted octanol–water partition coefficient (Wildman–Crippen LogP) is 15.1. The molecule has 0 radical (unpaired) electrons. The summed E-state index contributed by atoms with van der Waals surface area (Å²) in [6.45, 7) is 29.4. The third kappa shape index (κ3) is 4.83. The van der Waals surface area contributed by atoms with Crippen molar-refractivity contribution in [1.29, 1.82) is 0 Å². The zero-order valence-corrected chi connectivity index (χ0v) is 38.2. The van der Waals surface area contributed by atoms with Gasteiger partial charge < -0.3 is 8.98 Å². The van der Waals surface area contributed by atoms with Crippen LogP contribution in [0.25, 0.3) is 83.6 Å². The molecule has 3 heterocycles. The fraction of sp³-hybridized carbons (Fsp3) is 0.316. The van der Waals surface area contributed by atoms with Crippen molar-refractivity contribution < 1.29 is 4.42 Å². The number of furan rings is 1. The van der Waals surface area contributed by atoms with Gasteiger partial charge in [0.15, 0.2) is 17.5 Å². The highest BCUT2D eigenvalue weighted by molar-refractivity contribution is 6.11. The number of nitrogens with zero attached hydrogens (tertiary/aromatic N) is 4. The molecule has 0 spiro atoms. The number of para-hydroxylation sites is 2. The van der Waals surface area contributed by atoms with Crippen LogP contribution in [0.5, 0.6) is 0 Å². The fourth-order valence-corrected chi connectivity index (χ4v) is 11.4. The Bertz CT molecular complexity index is 3250. The van der Waals surface area contributed by atoms with E-state index in [1.165, 1.54) is 44.1 Å². The smallest absolute Gasteiger partial charge is 0.167 e. The van der Waals surface area contributed by atoms with E-state index in [1.807, 2.05) is 36.4 Å². The Morgan fingerprint density at radius 3 is 1.47 bits per heavy atom. The van der Waals surface area contributed by atoms with Crippen LogP contribution < -0.4 is 0 Å². The summed E-state index contributed by atoms with van der Waals surface area (Å²) in [5.41, 5.74) is 13.6. The van der Waals surface area contributed by atoms with E-state index in [9.17, 15) is 0 Å². The van der Waals surface area contributed by atoms with Gasteiger partial charge in [-0.2, -0.15) is 0 Å². The summed E-state index contributed by atoms with van der Waals surface area (Å²) >= 11 is 0. The normalized spacial score (nSPS) is 18.8. The summed E-state index contributed by atoms with van der Waals surface area (Å²) in [6, 6.07) is 43.6. The first-order valence-electron chi connectivity index (χ1n) is 22.3. The van der Waals surface area contributed by atoms with Crippen LogP contribution in [0.15, 0.2) is 126 Å². The molecule has 0 unspecified atom stereocenters. The van der Waals surface area contributed by atoms with Crippen molar-refractivity contribution in [2.45, 2.75) is 105 Å². The number of fused-ring (bicyclic) bond motifs is 8. The van der Waals surface area contributed by atoms with Crippen LogP contribution in [-0.2, 0) is 21.7 Å². The summed E-state index contributed by atoms with van der Waals surface area (Å²) in [5, 5.41) is 4.72. The van der Waals surface area contributed by atoms with E-state index in [-0.39, 0.29) is 32.5 Å². The minimum Gasteiger partial charge on any atom is -0.455 e. The average Bonchev–Trinajstić information content (AvgIpc) is 3.85. The second-order valence-corrected chi connectivity index (χ2v) is 21.4. The summed E-state index contributed by atoms with van der Waals surface area (Å²) in [4.78, 5) is 15.6. The molecular weight excluding hydrogens is 757 g/mol. The average molecular weight is 813 g/mol. The highest BCUT2D eigenvalue weighted by Crippen LogP contribution is 2.64. The van der Waals surface area contributed by atoms with E-state index >= 15 is 0 Å². The van der Waals surface area contributed by atoms with Crippen molar-refractivity contribution in [2.24, 2.45) is 10.8 Å². The van der Waals surface area contributed by atoms with Gasteiger partial charge in [-0.1, -0.05) is 156 Å². The van der Waals surface area contributed by atoms with Crippen LogP contribution in [-0.4, -0.2) is 19.5 Å². The molecule has 5 heteroatoms. The van der Waals surface area contributed by atoms with Gasteiger partial charge in [-0.05, 0) is 103 Å². The Morgan fingerprint density at radius 2 is 0.871 bits per heavy atom. The summed E-state index contributed by atoms with van der Waals surface area (Å²) < 4.78 is 9.04. The van der Waals surface area contributed by atoms with E-state index in [2.05, 4.69) is 173 Å². The molecule has 5 nitrogen and oxygen atoms in total. The topological polar surface area (TPSA) is 56.7 Å². The lowest BCUT2D eigenvalue weighted by molar-refractivity contribution is 0.125. The van der Waals surface area contributed by atoms with Crippen LogP contribution in [0.4, 0.5) is 0 Å². The van der Waals surface area contributed by atoms with Crippen molar-refractivity contribution in [2.75, 3.05) is 0 Å². The number of aromatic nitrogens is 4. The third-order valence-corrected chi connectivity index (χ3v) is 17.7. The van der Waals surface area contributed by atoms with Gasteiger partial charge in [0.05, 0.1) is 16.6 Å². The molecule has 310 valence electrons. The maximum Gasteiger partial charge on any atom is 0.167 e. The van der Waals surface area contributed by atoms with Crippen molar-refractivity contribution in [3.8, 4) is 39.9 Å². The Hall–Kier alpha value is -6.07. The molecule has 11 rings (SSSR count). The molecule has 0 bridgehead atoms. The van der Waals surface area contributed by atoms with Gasteiger partial charge in [0.25, 0.3) is 0 Å². The zero-order chi connectivity index (χ0) is 43.5. The number of benzene rings is 6. The number of hydrogen-bond donors (Lipinski definition) is 0. The molecule has 0 saturated carbocycles. The second-order valence-electron chi connectivity index (χ2n) is 21.4. The Kier molecular flexibility index (Phi) is 7.71. The number of hydrogen-bond acceptors (Lipinski definition) is 4. The summed E-state index contributed by atoms with van der Waals surface area (Å²) in [5.74, 6) is 1.81. The van der Waals surface area contributed by atoms with Crippen molar-refractivity contribution in [3.63, 3.8) is 0 Å². The monoisotopic (exact) mass is 812 g/mol. The SMILES string of the molecule is CC1(C)c2cc3c4cc5c(cc4n(-c4cccc(-c6nc(-c7ccccc7)nc(-c7cccc8c7oc7ccccc78)n6)c4)c3cc2C(C)(C)C1(C)C)C(C)(C)C(C)(C)C5(C)C. The van der Waals surface area contributed by atoms with Gasteiger partial charge in [-0.15, -0.1) is 0 Å². The van der Waals surface area contributed by atoms with Crippen LogP contribution in [0.3, 0.4) is 0 Å². The summed E-state index contributed by atoms with van der Waals surface area (Å²) in [6.07, 6.45) is 0. The molecule has 0 atom stereocenters. The Balaban J connectivity index is 1.18. The van der Waals surface area contributed by atoms with Crippen molar-refractivity contribution in [1.82, 2.24) is 19.5 Å². The highest BCUT2D eigenvalue weighted by atomic mass is 16.3. The van der Waals surface area contributed by atoms with Gasteiger partial charge in [0, 0.05) is 38.4 Å². The maximum atomic E-state index is 6.52. The van der Waals surface area contributed by atoms with E-state index in [0.717, 1.165) is 44.3 Å². The molecule has 3 aromatic heterocycles. The lowest BCUT2D eigenvalue weighted by atomic mass is 9.59. The zero-order valence-electron chi connectivity index (χ0n) is 38.2. The second kappa shape index (κ2) is 12.3. The maximum absolute atomic E-state index is 6.52. The Morgan fingerprint density at radius 1 is 0.403 bits per heavy atom. The molecule has 0 amide bonds. The molecule has 6 aromatic carbocycles. The van der Waals surface area contributed by atoms with Crippen LogP contribution >= 0.6 is 0 Å². The molecule has 0 fully saturated rings. The van der Waals surface area contributed by atoms with E-state index in [0.29, 0.717) is 17.5 Å². The van der Waals surface area contributed by atoms with E-state index < -0.39 is 0 Å². The van der Waals surface area contributed by atoms with Gasteiger partial charge in [-0.25, -0.2) is 15.0 Å². The van der Waals surface area contributed by atoms with Gasteiger partial charge in [0.1, 0.15) is 11.2 Å². The fourth-order valence-electron chi connectivity index (χ4n) is 11.4. The molecule has 0 saturated heterocycles. The van der Waals surface area contributed by atoms with Crippen molar-refractivity contribution in [3.05, 3.63) is 144 Å². The molecule has 2 aliphatic carbocycles. The first-order valence-corrected chi connectivity index (χ1v) is 22.3. The lowest BCUT2D eigenvalue weighted by Crippen LogP contribution is -2.42. The molecule has 2 aliphatic rings. The third-order valence-electron chi connectivity index (χ3n) is 17.7. The van der Waals surface area contributed by atoms with Crippen LogP contribution in [0.2, 0.25) is 0 Å². The minimum absolute atomic E-state index is 0.0199. The van der Waals surface area contributed by atoms with Gasteiger partial charge >= 0.3 is 0 Å².